The molecule has 0 aliphatic heterocycles. The van der Waals surface area contributed by atoms with Gasteiger partial charge in [-0.25, -0.2) is 17.2 Å². The molecular weight excluding hydrogens is 524 g/mol. The Hall–Kier alpha value is -3.50. The first-order valence-electron chi connectivity index (χ1n) is 11.2. The van der Waals surface area contributed by atoms with Crippen molar-refractivity contribution in [2.45, 2.75) is 19.0 Å². The summed E-state index contributed by atoms with van der Waals surface area (Å²) in [5.41, 5.74) is 1.17. The molecule has 0 aliphatic carbocycles. The third kappa shape index (κ3) is 7.50. The molecule has 0 saturated carbocycles. The van der Waals surface area contributed by atoms with Gasteiger partial charge >= 0.3 is 0 Å². The van der Waals surface area contributed by atoms with Crippen LogP contribution >= 0.6 is 11.6 Å². The van der Waals surface area contributed by atoms with E-state index in [4.69, 9.17) is 11.6 Å². The molecule has 3 aromatic rings. The number of rotatable bonds is 10. The predicted octanol–water partition coefficient (Wildman–Crippen LogP) is 3.77. The number of amides is 2. The molecule has 0 fully saturated rings. The van der Waals surface area contributed by atoms with Crippen LogP contribution in [0.4, 0.5) is 14.5 Å². The molecule has 0 saturated heterocycles. The molecule has 0 unspecified atom stereocenters. The molecule has 7 nitrogen and oxygen atoms in total. The summed E-state index contributed by atoms with van der Waals surface area (Å²) in [5.74, 6) is -3.60. The molecule has 11 heteroatoms. The van der Waals surface area contributed by atoms with Gasteiger partial charge in [-0.15, -0.1) is 0 Å². The summed E-state index contributed by atoms with van der Waals surface area (Å²) in [6.07, 6.45) is 1.000. The van der Waals surface area contributed by atoms with Crippen molar-refractivity contribution < 1.29 is 26.8 Å². The van der Waals surface area contributed by atoms with E-state index in [1.54, 1.807) is 36.4 Å². The fourth-order valence-electron chi connectivity index (χ4n) is 3.81. The lowest BCUT2D eigenvalue weighted by molar-refractivity contribution is -0.139. The third-order valence-electron chi connectivity index (χ3n) is 5.63. The fraction of sp³-hybridized carbons (Fsp3) is 0.231. The highest BCUT2D eigenvalue weighted by molar-refractivity contribution is 7.92. The highest BCUT2D eigenvalue weighted by Crippen LogP contribution is 2.23. The number of carbonyl (C=O) groups is 2. The zero-order valence-electron chi connectivity index (χ0n) is 20.2. The maximum Gasteiger partial charge on any atom is 0.244 e. The number of benzene rings is 3. The van der Waals surface area contributed by atoms with Crippen LogP contribution in [0.5, 0.6) is 0 Å². The molecule has 0 aliphatic rings. The van der Waals surface area contributed by atoms with E-state index in [-0.39, 0.29) is 18.7 Å². The first-order chi connectivity index (χ1) is 17.5. The summed E-state index contributed by atoms with van der Waals surface area (Å²) in [6, 6.07) is 17.3. The Labute approximate surface area is 219 Å². The Kier molecular flexibility index (Phi) is 9.23. The number of carbonyl (C=O) groups excluding carboxylic acids is 2. The van der Waals surface area contributed by atoms with Gasteiger partial charge in [0.2, 0.25) is 21.8 Å². The van der Waals surface area contributed by atoms with Crippen molar-refractivity contribution in [3.63, 3.8) is 0 Å². The average molecular weight is 550 g/mol. The second-order valence-corrected chi connectivity index (χ2v) is 10.7. The van der Waals surface area contributed by atoms with Gasteiger partial charge < -0.3 is 10.2 Å². The smallest absolute Gasteiger partial charge is 0.244 e. The molecule has 2 amide bonds. The van der Waals surface area contributed by atoms with Gasteiger partial charge in [0.1, 0.15) is 12.6 Å². The minimum atomic E-state index is -4.09. The maximum atomic E-state index is 13.9. The molecule has 0 radical (unpaired) electrons. The number of hydrogen-bond acceptors (Lipinski definition) is 4. The molecule has 0 bridgehead atoms. The second-order valence-electron chi connectivity index (χ2n) is 8.34. The standard InChI is InChI=1S/C26H26ClF2N3O4S/c1-30-26(34)24(14-18-7-4-3-5-8-18)31(16-19-9-6-10-20(27)13-19)25(33)17-32(37(2,35)36)21-11-12-22(28)23(29)15-21/h3-13,15,24H,14,16-17H2,1-2H3,(H,30,34)/t24-/m1/s1. The van der Waals surface area contributed by atoms with Crippen molar-refractivity contribution in [2.75, 3.05) is 24.2 Å². The van der Waals surface area contributed by atoms with Crippen molar-refractivity contribution >= 4 is 39.1 Å². The predicted molar refractivity (Wildman–Crippen MR) is 139 cm³/mol. The summed E-state index contributed by atoms with van der Waals surface area (Å²) >= 11 is 6.12. The number of hydrogen-bond donors (Lipinski definition) is 1. The summed E-state index contributed by atoms with van der Waals surface area (Å²) in [6.45, 7) is -0.799. The van der Waals surface area contributed by atoms with Crippen LogP contribution in [0, 0.1) is 11.6 Å². The van der Waals surface area contributed by atoms with E-state index in [1.807, 2.05) is 18.2 Å². The topological polar surface area (TPSA) is 86.8 Å². The molecule has 1 N–H and O–H groups in total. The first-order valence-corrected chi connectivity index (χ1v) is 13.4. The molecule has 3 rings (SSSR count). The van der Waals surface area contributed by atoms with Crippen molar-refractivity contribution in [1.82, 2.24) is 10.2 Å². The van der Waals surface area contributed by atoms with Crippen LogP contribution in [0.1, 0.15) is 11.1 Å². The van der Waals surface area contributed by atoms with Gasteiger partial charge in [0, 0.05) is 31.1 Å². The Bertz CT molecular complexity index is 1370. The van der Waals surface area contributed by atoms with Gasteiger partial charge in [-0.2, -0.15) is 0 Å². The van der Waals surface area contributed by atoms with Gasteiger partial charge in [-0.05, 0) is 35.4 Å². The van der Waals surface area contributed by atoms with Crippen molar-refractivity contribution in [3.8, 4) is 0 Å². The van der Waals surface area contributed by atoms with E-state index in [9.17, 15) is 26.8 Å². The Morgan fingerprint density at radius 2 is 1.62 bits per heavy atom. The van der Waals surface area contributed by atoms with E-state index in [0.717, 1.165) is 24.0 Å². The molecule has 0 aromatic heterocycles. The second kappa shape index (κ2) is 12.2. The normalized spacial score (nSPS) is 12.0. The van der Waals surface area contributed by atoms with Crippen LogP contribution < -0.4 is 9.62 Å². The molecular formula is C26H26ClF2N3O4S. The van der Waals surface area contributed by atoms with E-state index in [2.05, 4.69) is 5.32 Å². The number of likely N-dealkylation sites (N-methyl/N-ethyl adjacent to an activating group) is 1. The Balaban J connectivity index is 2.04. The Morgan fingerprint density at radius 1 is 0.946 bits per heavy atom. The molecule has 3 aromatic carbocycles. The van der Waals surface area contributed by atoms with E-state index in [1.165, 1.54) is 11.9 Å². The van der Waals surface area contributed by atoms with Gasteiger partial charge in [0.05, 0.1) is 11.9 Å². The highest BCUT2D eigenvalue weighted by atomic mass is 35.5. The fourth-order valence-corrected chi connectivity index (χ4v) is 4.86. The Morgan fingerprint density at radius 3 is 2.22 bits per heavy atom. The van der Waals surface area contributed by atoms with E-state index < -0.39 is 46.1 Å². The molecule has 1 atom stereocenters. The minimum Gasteiger partial charge on any atom is -0.357 e. The summed E-state index contributed by atoms with van der Waals surface area (Å²) < 4.78 is 53.2. The van der Waals surface area contributed by atoms with Gasteiger partial charge in [-0.3, -0.25) is 13.9 Å². The first kappa shape index (κ1) is 28.1. The van der Waals surface area contributed by atoms with Crippen molar-refractivity contribution in [2.24, 2.45) is 0 Å². The highest BCUT2D eigenvalue weighted by Gasteiger charge is 2.32. The number of nitrogens with one attached hydrogen (secondary N) is 1. The zero-order valence-corrected chi connectivity index (χ0v) is 21.8. The lowest BCUT2D eigenvalue weighted by atomic mass is 10.0. The van der Waals surface area contributed by atoms with Gasteiger partial charge in [-0.1, -0.05) is 54.1 Å². The monoisotopic (exact) mass is 549 g/mol. The van der Waals surface area contributed by atoms with E-state index in [0.29, 0.717) is 21.0 Å². The van der Waals surface area contributed by atoms with Crippen LogP contribution in [0.15, 0.2) is 72.8 Å². The van der Waals surface area contributed by atoms with E-state index >= 15 is 0 Å². The number of anilines is 1. The summed E-state index contributed by atoms with van der Waals surface area (Å²) in [7, 11) is -2.65. The number of halogens is 3. The zero-order chi connectivity index (χ0) is 27.2. The van der Waals surface area contributed by atoms with Crippen LogP contribution in [-0.4, -0.2) is 51.0 Å². The lowest BCUT2D eigenvalue weighted by Crippen LogP contribution is -2.52. The van der Waals surface area contributed by atoms with Crippen LogP contribution in [0.2, 0.25) is 5.02 Å². The van der Waals surface area contributed by atoms with Gasteiger partial charge in [0.25, 0.3) is 0 Å². The lowest BCUT2D eigenvalue weighted by Gasteiger charge is -2.33. The minimum absolute atomic E-state index is 0.0559. The molecule has 37 heavy (non-hydrogen) atoms. The number of nitrogens with zero attached hydrogens (tertiary/aromatic N) is 2. The van der Waals surface area contributed by atoms with Gasteiger partial charge in [0.15, 0.2) is 11.6 Å². The quantitative estimate of drug-likeness (QED) is 0.417. The van der Waals surface area contributed by atoms with Crippen molar-refractivity contribution in [3.05, 3.63) is 101 Å². The molecule has 0 heterocycles. The summed E-state index contributed by atoms with van der Waals surface area (Å²) in [4.78, 5) is 28.0. The third-order valence-corrected chi connectivity index (χ3v) is 7.01. The largest absolute Gasteiger partial charge is 0.357 e. The summed E-state index contributed by atoms with van der Waals surface area (Å²) in [5, 5.41) is 2.99. The molecule has 196 valence electrons. The SMILES string of the molecule is CNC(=O)[C@@H](Cc1ccccc1)N(Cc1cccc(Cl)c1)C(=O)CN(c1ccc(F)c(F)c1)S(C)(=O)=O. The van der Waals surface area contributed by atoms with Crippen molar-refractivity contribution in [1.29, 1.82) is 0 Å². The number of sulfonamides is 1. The average Bonchev–Trinajstić information content (AvgIpc) is 2.86. The molecule has 0 spiro atoms. The van der Waals surface area contributed by atoms with Crippen LogP contribution in [-0.2, 0) is 32.6 Å². The van der Waals surface area contributed by atoms with Crippen LogP contribution in [0.25, 0.3) is 0 Å². The maximum absolute atomic E-state index is 13.9. The van der Waals surface area contributed by atoms with Crippen LogP contribution in [0.3, 0.4) is 0 Å².